The second-order valence-corrected chi connectivity index (χ2v) is 4.13. The van der Waals surface area contributed by atoms with E-state index in [1.807, 2.05) is 18.2 Å². The van der Waals surface area contributed by atoms with Crippen molar-refractivity contribution in [1.29, 1.82) is 0 Å². The first-order chi connectivity index (χ1) is 9.69. The maximum Gasteiger partial charge on any atom is 0.311 e. The van der Waals surface area contributed by atoms with Gasteiger partial charge in [-0.05, 0) is 24.3 Å². The van der Waals surface area contributed by atoms with Crippen molar-refractivity contribution in [3.8, 4) is 17.2 Å². The molecule has 0 saturated heterocycles. The lowest BCUT2D eigenvalue weighted by atomic mass is 10.2. The molecule has 6 nitrogen and oxygen atoms in total. The van der Waals surface area contributed by atoms with Crippen LogP contribution in [0.5, 0.6) is 5.75 Å². The number of nitro groups is 1. The van der Waals surface area contributed by atoms with Crippen molar-refractivity contribution >= 4 is 16.8 Å². The lowest BCUT2D eigenvalue weighted by Crippen LogP contribution is -1.94. The number of fused-ring (bicyclic) bond motifs is 1. The van der Waals surface area contributed by atoms with Gasteiger partial charge in [0.05, 0.1) is 12.0 Å². The third-order valence-corrected chi connectivity index (χ3v) is 2.92. The van der Waals surface area contributed by atoms with Gasteiger partial charge in [0, 0.05) is 11.6 Å². The van der Waals surface area contributed by atoms with Gasteiger partial charge in [0.25, 0.3) is 0 Å². The Bertz CT molecular complexity index is 762. The Hall–Kier alpha value is -2.89. The fraction of sp³-hybridized carbons (Fsp3) is 0.0714. The van der Waals surface area contributed by atoms with Gasteiger partial charge in [-0.2, -0.15) is 0 Å². The summed E-state index contributed by atoms with van der Waals surface area (Å²) in [7, 11) is 1.39. The summed E-state index contributed by atoms with van der Waals surface area (Å²) < 4.78 is 10.6. The van der Waals surface area contributed by atoms with Crippen LogP contribution in [-0.2, 0) is 0 Å². The van der Waals surface area contributed by atoms with E-state index in [1.165, 1.54) is 19.2 Å². The second-order valence-electron chi connectivity index (χ2n) is 4.13. The molecule has 1 aromatic heterocycles. The lowest BCUT2D eigenvalue weighted by Gasteiger charge is -2.02. The van der Waals surface area contributed by atoms with Crippen LogP contribution in [0, 0.1) is 10.1 Å². The average Bonchev–Trinajstić information content (AvgIpc) is 2.90. The summed E-state index contributed by atoms with van der Waals surface area (Å²) in [6.45, 7) is 0. The van der Waals surface area contributed by atoms with E-state index in [2.05, 4.69) is 4.98 Å². The summed E-state index contributed by atoms with van der Waals surface area (Å²) in [6, 6.07) is 11.9. The topological polar surface area (TPSA) is 78.4 Å². The zero-order valence-electron chi connectivity index (χ0n) is 10.6. The minimum Gasteiger partial charge on any atom is -0.490 e. The summed E-state index contributed by atoms with van der Waals surface area (Å²) in [4.78, 5) is 14.8. The molecule has 0 unspecified atom stereocenters. The molecule has 20 heavy (non-hydrogen) atoms. The van der Waals surface area contributed by atoms with Crippen LogP contribution in [0.4, 0.5) is 5.69 Å². The van der Waals surface area contributed by atoms with Crippen LogP contribution in [0.2, 0.25) is 0 Å². The molecule has 0 amide bonds. The van der Waals surface area contributed by atoms with E-state index >= 15 is 0 Å². The van der Waals surface area contributed by atoms with E-state index in [0.29, 0.717) is 22.6 Å². The Morgan fingerprint density at radius 3 is 2.75 bits per heavy atom. The number of methoxy groups -OCH3 is 1. The van der Waals surface area contributed by atoms with Crippen LogP contribution in [0.25, 0.3) is 22.6 Å². The number of hydrogen-bond donors (Lipinski definition) is 0. The third-order valence-electron chi connectivity index (χ3n) is 2.92. The summed E-state index contributed by atoms with van der Waals surface area (Å²) in [5, 5.41) is 11.0. The molecule has 6 heteroatoms. The van der Waals surface area contributed by atoms with Gasteiger partial charge >= 0.3 is 5.69 Å². The Kier molecular flexibility index (Phi) is 2.83. The largest absolute Gasteiger partial charge is 0.490 e. The zero-order chi connectivity index (χ0) is 14.1. The fourth-order valence-electron chi connectivity index (χ4n) is 1.96. The SMILES string of the molecule is COc1ccc(-c2nc3ccccc3o2)cc1[N+](=O)[O-]. The van der Waals surface area contributed by atoms with Gasteiger partial charge in [0.1, 0.15) is 5.52 Å². The number of oxazole rings is 1. The van der Waals surface area contributed by atoms with E-state index in [4.69, 9.17) is 9.15 Å². The number of benzene rings is 2. The van der Waals surface area contributed by atoms with Crippen molar-refractivity contribution in [3.63, 3.8) is 0 Å². The molecule has 0 spiro atoms. The first-order valence-corrected chi connectivity index (χ1v) is 5.87. The molecule has 3 rings (SSSR count). The zero-order valence-corrected chi connectivity index (χ0v) is 10.6. The van der Waals surface area contributed by atoms with E-state index in [1.54, 1.807) is 12.1 Å². The molecule has 2 aromatic carbocycles. The molecule has 0 aliphatic heterocycles. The molecule has 0 aliphatic rings. The molecule has 0 saturated carbocycles. The first kappa shape index (κ1) is 12.2. The van der Waals surface area contributed by atoms with Gasteiger partial charge in [0.15, 0.2) is 11.3 Å². The van der Waals surface area contributed by atoms with Crippen molar-refractivity contribution in [1.82, 2.24) is 4.98 Å². The van der Waals surface area contributed by atoms with Crippen LogP contribution in [0.15, 0.2) is 46.9 Å². The van der Waals surface area contributed by atoms with Crippen molar-refractivity contribution in [2.24, 2.45) is 0 Å². The highest BCUT2D eigenvalue weighted by molar-refractivity contribution is 5.76. The summed E-state index contributed by atoms with van der Waals surface area (Å²) in [5.74, 6) is 0.548. The molecule has 1 heterocycles. The maximum atomic E-state index is 11.0. The van der Waals surface area contributed by atoms with E-state index in [9.17, 15) is 10.1 Å². The molecule has 0 fully saturated rings. The van der Waals surface area contributed by atoms with Crippen LogP contribution in [0.1, 0.15) is 0 Å². The molecule has 0 bridgehead atoms. The molecule has 0 radical (unpaired) electrons. The Labute approximate surface area is 113 Å². The molecule has 0 N–H and O–H groups in total. The van der Waals surface area contributed by atoms with Gasteiger partial charge < -0.3 is 9.15 Å². The number of para-hydroxylation sites is 2. The number of aromatic nitrogens is 1. The highest BCUT2D eigenvalue weighted by Gasteiger charge is 2.18. The summed E-state index contributed by atoms with van der Waals surface area (Å²) in [6.07, 6.45) is 0. The monoisotopic (exact) mass is 270 g/mol. The number of hydrogen-bond acceptors (Lipinski definition) is 5. The average molecular weight is 270 g/mol. The molecular weight excluding hydrogens is 260 g/mol. The fourth-order valence-corrected chi connectivity index (χ4v) is 1.96. The van der Waals surface area contributed by atoms with Crippen molar-refractivity contribution < 1.29 is 14.1 Å². The van der Waals surface area contributed by atoms with Crippen LogP contribution in [-0.4, -0.2) is 17.0 Å². The van der Waals surface area contributed by atoms with Crippen molar-refractivity contribution in [2.45, 2.75) is 0 Å². The van der Waals surface area contributed by atoms with E-state index in [-0.39, 0.29) is 11.4 Å². The second kappa shape index (κ2) is 4.65. The summed E-state index contributed by atoms with van der Waals surface area (Å²) >= 11 is 0. The Morgan fingerprint density at radius 1 is 1.25 bits per heavy atom. The minimum atomic E-state index is -0.495. The maximum absolute atomic E-state index is 11.0. The van der Waals surface area contributed by atoms with E-state index < -0.39 is 4.92 Å². The van der Waals surface area contributed by atoms with Gasteiger partial charge in [-0.25, -0.2) is 4.98 Å². The number of nitrogens with zero attached hydrogens (tertiary/aromatic N) is 2. The highest BCUT2D eigenvalue weighted by Crippen LogP contribution is 2.32. The molecular formula is C14H10N2O4. The normalized spacial score (nSPS) is 10.7. The van der Waals surface area contributed by atoms with Crippen molar-refractivity contribution in [2.75, 3.05) is 7.11 Å². The van der Waals surface area contributed by atoms with Gasteiger partial charge in [-0.1, -0.05) is 12.1 Å². The predicted molar refractivity (Wildman–Crippen MR) is 72.7 cm³/mol. The highest BCUT2D eigenvalue weighted by atomic mass is 16.6. The Balaban J connectivity index is 2.14. The van der Waals surface area contributed by atoms with Crippen LogP contribution < -0.4 is 4.74 Å². The Morgan fingerprint density at radius 2 is 2.05 bits per heavy atom. The minimum absolute atomic E-state index is 0.118. The van der Waals surface area contributed by atoms with Crippen LogP contribution in [0.3, 0.4) is 0 Å². The molecule has 0 atom stereocenters. The number of ether oxygens (including phenoxy) is 1. The standard InChI is InChI=1S/C14H10N2O4/c1-19-13-7-6-9(8-11(13)16(17)18)14-15-10-4-2-3-5-12(10)20-14/h2-8H,1H3. The molecule has 3 aromatic rings. The van der Waals surface area contributed by atoms with Crippen molar-refractivity contribution in [3.05, 3.63) is 52.6 Å². The molecule has 0 aliphatic carbocycles. The van der Waals surface area contributed by atoms with Gasteiger partial charge in [0.2, 0.25) is 5.89 Å². The smallest absolute Gasteiger partial charge is 0.311 e. The third kappa shape index (κ3) is 1.97. The van der Waals surface area contributed by atoms with Crippen LogP contribution >= 0.6 is 0 Å². The predicted octanol–water partition coefficient (Wildman–Crippen LogP) is 3.41. The first-order valence-electron chi connectivity index (χ1n) is 5.87. The summed E-state index contributed by atoms with van der Waals surface area (Å²) in [5.41, 5.74) is 1.77. The number of rotatable bonds is 3. The van der Waals surface area contributed by atoms with Gasteiger partial charge in [-0.3, -0.25) is 10.1 Å². The van der Waals surface area contributed by atoms with Gasteiger partial charge in [-0.15, -0.1) is 0 Å². The van der Waals surface area contributed by atoms with E-state index in [0.717, 1.165) is 0 Å². The lowest BCUT2D eigenvalue weighted by molar-refractivity contribution is -0.385. The quantitative estimate of drug-likeness (QED) is 0.538. The molecule has 100 valence electrons. The number of nitro benzene ring substituents is 1.